The lowest BCUT2D eigenvalue weighted by Gasteiger charge is -2.34. The molecule has 1 aliphatic rings. The Hall–Kier alpha value is -2.37. The van der Waals surface area contributed by atoms with Crippen molar-refractivity contribution in [3.63, 3.8) is 0 Å². The Morgan fingerprint density at radius 3 is 2.34 bits per heavy atom. The maximum atomic E-state index is 13.1. The van der Waals surface area contributed by atoms with E-state index in [-0.39, 0.29) is 35.4 Å². The number of benzene rings is 1. The average Bonchev–Trinajstić information content (AvgIpc) is 2.77. The second-order valence-electron chi connectivity index (χ2n) is 7.09. The second kappa shape index (κ2) is 9.42. The summed E-state index contributed by atoms with van der Waals surface area (Å²) in [5.74, 6) is 1.53. The monoisotopic (exact) mass is 420 g/mol. The van der Waals surface area contributed by atoms with Crippen molar-refractivity contribution >= 4 is 21.9 Å². The van der Waals surface area contributed by atoms with Gasteiger partial charge in [0.25, 0.3) is 0 Å². The Kier molecular flexibility index (Phi) is 7.44. The Morgan fingerprint density at radius 2 is 1.83 bits per heavy atom. The molecule has 1 fully saturated rings. The van der Waals surface area contributed by atoms with Gasteiger partial charge < -0.3 is 10.1 Å². The summed E-state index contributed by atoms with van der Waals surface area (Å²) in [4.78, 5) is 24.5. The van der Waals surface area contributed by atoms with Gasteiger partial charge in [0.2, 0.25) is 15.9 Å². The minimum absolute atomic E-state index is 0.000406. The van der Waals surface area contributed by atoms with Crippen LogP contribution in [0, 0.1) is 18.3 Å². The van der Waals surface area contributed by atoms with Crippen LogP contribution in [-0.2, 0) is 19.6 Å². The van der Waals surface area contributed by atoms with Gasteiger partial charge in [0.1, 0.15) is 5.54 Å². The van der Waals surface area contributed by atoms with E-state index in [4.69, 9.17) is 11.2 Å². The first kappa shape index (κ1) is 22.9. The minimum atomic E-state index is -3.88. The summed E-state index contributed by atoms with van der Waals surface area (Å²) in [7, 11) is -2.67. The zero-order valence-corrected chi connectivity index (χ0v) is 17.9. The van der Waals surface area contributed by atoms with Crippen LogP contribution >= 0.6 is 0 Å². The van der Waals surface area contributed by atoms with Crippen LogP contribution in [0.3, 0.4) is 0 Å². The molecular weight excluding hydrogens is 392 g/mol. The number of carbonyl (C=O) groups is 2. The van der Waals surface area contributed by atoms with E-state index in [1.165, 1.54) is 23.5 Å². The van der Waals surface area contributed by atoms with Gasteiger partial charge in [-0.2, -0.15) is 4.31 Å². The first-order chi connectivity index (χ1) is 13.7. The molecular formula is C21H28N2O5S. The van der Waals surface area contributed by atoms with Crippen LogP contribution in [0.25, 0.3) is 0 Å². The standard InChI is InChI=1S/C21H28N2O5S/c1-5-21(6-2,7-3)22-19(24)16-12-14-23(15-13-16)29(26,27)18-11-9-8-10-17(18)20(25)28-4/h1,8-11,16H,6-7,12-15H2,2-4H3,(H,22,24). The highest BCUT2D eigenvalue weighted by molar-refractivity contribution is 7.89. The molecule has 0 radical (unpaired) electrons. The summed E-state index contributed by atoms with van der Waals surface area (Å²) in [5.41, 5.74) is -0.667. The fraction of sp³-hybridized carbons (Fsp3) is 0.524. The SMILES string of the molecule is C#CC(CC)(CC)NC(=O)C1CCN(S(=O)(=O)c2ccccc2C(=O)OC)CC1. The summed E-state index contributed by atoms with van der Waals surface area (Å²) in [5, 5.41) is 2.96. The van der Waals surface area contributed by atoms with Gasteiger partial charge in [0.15, 0.2) is 0 Å². The highest BCUT2D eigenvalue weighted by Crippen LogP contribution is 2.27. The molecule has 0 saturated carbocycles. The van der Waals surface area contributed by atoms with E-state index in [0.717, 1.165) is 0 Å². The summed E-state index contributed by atoms with van der Waals surface area (Å²) in [6, 6.07) is 5.97. The molecule has 29 heavy (non-hydrogen) atoms. The summed E-state index contributed by atoms with van der Waals surface area (Å²) in [6.45, 7) is 4.24. The van der Waals surface area contributed by atoms with Gasteiger partial charge in [-0.25, -0.2) is 13.2 Å². The second-order valence-corrected chi connectivity index (χ2v) is 9.00. The normalized spacial score (nSPS) is 16.1. The van der Waals surface area contributed by atoms with Crippen LogP contribution in [0.2, 0.25) is 0 Å². The molecule has 1 heterocycles. The maximum absolute atomic E-state index is 13.1. The van der Waals surface area contributed by atoms with Crippen LogP contribution in [-0.4, -0.2) is 50.3 Å². The van der Waals surface area contributed by atoms with Gasteiger partial charge in [-0.3, -0.25) is 4.79 Å². The van der Waals surface area contributed by atoms with Gasteiger partial charge in [-0.05, 0) is 37.8 Å². The molecule has 1 aliphatic heterocycles. The van der Waals surface area contributed by atoms with E-state index in [1.54, 1.807) is 12.1 Å². The van der Waals surface area contributed by atoms with Crippen LogP contribution in [0.4, 0.5) is 0 Å². The van der Waals surface area contributed by atoms with Gasteiger partial charge in [-0.1, -0.05) is 31.9 Å². The first-order valence-electron chi connectivity index (χ1n) is 9.72. The number of rotatable bonds is 7. The molecule has 2 rings (SSSR count). The van der Waals surface area contributed by atoms with Crippen molar-refractivity contribution in [2.75, 3.05) is 20.2 Å². The summed E-state index contributed by atoms with van der Waals surface area (Å²) in [6.07, 6.45) is 7.64. The van der Waals surface area contributed by atoms with Crippen molar-refractivity contribution in [3.8, 4) is 12.3 Å². The topological polar surface area (TPSA) is 92.8 Å². The van der Waals surface area contributed by atoms with Crippen molar-refractivity contribution in [1.82, 2.24) is 9.62 Å². The number of hydrogen-bond donors (Lipinski definition) is 1. The minimum Gasteiger partial charge on any atom is -0.465 e. The lowest BCUT2D eigenvalue weighted by molar-refractivity contribution is -0.127. The highest BCUT2D eigenvalue weighted by Gasteiger charge is 2.36. The zero-order valence-electron chi connectivity index (χ0n) is 17.1. The van der Waals surface area contributed by atoms with Gasteiger partial charge in [-0.15, -0.1) is 6.42 Å². The molecule has 158 valence electrons. The van der Waals surface area contributed by atoms with Crippen LogP contribution in [0.1, 0.15) is 49.9 Å². The number of terminal acetylenes is 1. The molecule has 1 aromatic carbocycles. The van der Waals surface area contributed by atoms with Crippen LogP contribution in [0.5, 0.6) is 0 Å². The van der Waals surface area contributed by atoms with Crippen LogP contribution in [0.15, 0.2) is 29.2 Å². The molecule has 0 bridgehead atoms. The Morgan fingerprint density at radius 1 is 1.24 bits per heavy atom. The van der Waals surface area contributed by atoms with Crippen molar-refractivity contribution in [2.45, 2.75) is 50.0 Å². The van der Waals surface area contributed by atoms with Gasteiger partial charge in [0, 0.05) is 19.0 Å². The molecule has 0 spiro atoms. The predicted molar refractivity (Wildman–Crippen MR) is 110 cm³/mol. The smallest absolute Gasteiger partial charge is 0.339 e. The number of methoxy groups -OCH3 is 1. The number of esters is 1. The largest absolute Gasteiger partial charge is 0.465 e. The van der Waals surface area contributed by atoms with E-state index < -0.39 is 21.5 Å². The number of hydrogen-bond acceptors (Lipinski definition) is 5. The first-order valence-corrected chi connectivity index (χ1v) is 11.2. The molecule has 7 nitrogen and oxygen atoms in total. The fourth-order valence-electron chi connectivity index (χ4n) is 3.47. The third-order valence-corrected chi connectivity index (χ3v) is 7.54. The molecule has 0 atom stereocenters. The van der Waals surface area contributed by atoms with Crippen LogP contribution < -0.4 is 5.32 Å². The number of ether oxygens (including phenoxy) is 1. The van der Waals surface area contributed by atoms with Crippen molar-refractivity contribution < 1.29 is 22.7 Å². The average molecular weight is 421 g/mol. The van der Waals surface area contributed by atoms with E-state index >= 15 is 0 Å². The third kappa shape index (κ3) is 4.80. The number of nitrogens with zero attached hydrogens (tertiary/aromatic N) is 1. The van der Waals surface area contributed by atoms with Gasteiger partial charge in [0.05, 0.1) is 17.6 Å². The lowest BCUT2D eigenvalue weighted by Crippen LogP contribution is -2.51. The summed E-state index contributed by atoms with van der Waals surface area (Å²) < 4.78 is 32.1. The Labute approximate surface area is 172 Å². The van der Waals surface area contributed by atoms with Crippen molar-refractivity contribution in [2.24, 2.45) is 5.92 Å². The fourth-order valence-corrected chi connectivity index (χ4v) is 5.12. The quantitative estimate of drug-likeness (QED) is 0.539. The molecule has 0 aliphatic carbocycles. The Balaban J connectivity index is 2.12. The van der Waals surface area contributed by atoms with E-state index in [0.29, 0.717) is 25.7 Å². The predicted octanol–water partition coefficient (Wildman–Crippen LogP) is 2.18. The Bertz CT molecular complexity index is 892. The van der Waals surface area contributed by atoms with E-state index in [9.17, 15) is 18.0 Å². The molecule has 1 amide bonds. The highest BCUT2D eigenvalue weighted by atomic mass is 32.2. The molecule has 0 unspecified atom stereocenters. The number of amides is 1. The van der Waals surface area contributed by atoms with E-state index in [2.05, 4.69) is 11.2 Å². The van der Waals surface area contributed by atoms with Crippen molar-refractivity contribution in [1.29, 1.82) is 0 Å². The molecule has 0 aromatic heterocycles. The number of nitrogens with one attached hydrogen (secondary N) is 1. The lowest BCUT2D eigenvalue weighted by atomic mass is 9.90. The molecule has 1 saturated heterocycles. The molecule has 1 N–H and O–H groups in total. The van der Waals surface area contributed by atoms with Gasteiger partial charge >= 0.3 is 5.97 Å². The molecule has 1 aromatic rings. The summed E-state index contributed by atoms with van der Waals surface area (Å²) >= 11 is 0. The van der Waals surface area contributed by atoms with Crippen molar-refractivity contribution in [3.05, 3.63) is 29.8 Å². The number of carbonyl (C=O) groups excluding carboxylic acids is 2. The maximum Gasteiger partial charge on any atom is 0.339 e. The zero-order chi connectivity index (χ0) is 21.7. The van der Waals surface area contributed by atoms with E-state index in [1.807, 2.05) is 13.8 Å². The number of sulfonamides is 1. The number of piperidine rings is 1. The third-order valence-electron chi connectivity index (χ3n) is 5.58. The molecule has 8 heteroatoms.